The van der Waals surface area contributed by atoms with Crippen molar-refractivity contribution in [3.05, 3.63) is 35.4 Å². The van der Waals surface area contributed by atoms with Crippen molar-refractivity contribution in [1.82, 2.24) is 4.90 Å². The molecule has 1 heterocycles. The molecule has 0 aliphatic carbocycles. The van der Waals surface area contributed by atoms with Crippen LogP contribution < -0.4 is 5.73 Å². The quantitative estimate of drug-likeness (QED) is 0.868. The highest BCUT2D eigenvalue weighted by Crippen LogP contribution is 2.27. The molecule has 1 aromatic carbocycles. The van der Waals surface area contributed by atoms with Gasteiger partial charge in [0.1, 0.15) is 0 Å². The monoisotopic (exact) mass is 232 g/mol. The van der Waals surface area contributed by atoms with Crippen LogP contribution in [0.15, 0.2) is 24.3 Å². The van der Waals surface area contributed by atoms with E-state index in [-0.39, 0.29) is 0 Å². The van der Waals surface area contributed by atoms with Crippen molar-refractivity contribution < 1.29 is 0 Å². The molecular formula is C15H24N2. The van der Waals surface area contributed by atoms with E-state index in [1.807, 2.05) is 0 Å². The Morgan fingerprint density at radius 1 is 1.29 bits per heavy atom. The molecule has 0 amide bonds. The van der Waals surface area contributed by atoms with E-state index in [2.05, 4.69) is 43.0 Å². The number of piperidine rings is 1. The Morgan fingerprint density at radius 2 is 2.00 bits per heavy atom. The molecular weight excluding hydrogens is 208 g/mol. The largest absolute Gasteiger partial charge is 0.329 e. The molecule has 1 aliphatic rings. The summed E-state index contributed by atoms with van der Waals surface area (Å²) in [7, 11) is 0. The summed E-state index contributed by atoms with van der Waals surface area (Å²) in [6.07, 6.45) is 3.98. The summed E-state index contributed by atoms with van der Waals surface area (Å²) in [4.78, 5) is 2.58. The molecule has 0 bridgehead atoms. The van der Waals surface area contributed by atoms with E-state index in [1.54, 1.807) is 0 Å². The third-order valence-electron chi connectivity index (χ3n) is 3.94. The molecule has 0 spiro atoms. The van der Waals surface area contributed by atoms with Crippen molar-refractivity contribution in [3.8, 4) is 0 Å². The molecule has 17 heavy (non-hydrogen) atoms. The maximum absolute atomic E-state index is 5.99. The fourth-order valence-corrected chi connectivity index (χ4v) is 2.83. The Labute approximate surface area is 105 Å². The first-order valence-electron chi connectivity index (χ1n) is 6.74. The molecule has 2 rings (SSSR count). The Morgan fingerprint density at radius 3 is 2.59 bits per heavy atom. The van der Waals surface area contributed by atoms with Gasteiger partial charge in [0, 0.05) is 18.6 Å². The first-order valence-corrected chi connectivity index (χ1v) is 6.74. The Hall–Kier alpha value is -0.860. The molecule has 1 fully saturated rings. The highest BCUT2D eigenvalue weighted by atomic mass is 15.2. The second-order valence-electron chi connectivity index (χ2n) is 5.24. The molecule has 2 N–H and O–H groups in total. The number of benzene rings is 1. The van der Waals surface area contributed by atoms with Crippen molar-refractivity contribution in [2.45, 2.75) is 45.2 Å². The molecule has 2 unspecified atom stereocenters. The maximum atomic E-state index is 5.99. The normalized spacial score (nSPS) is 23.6. The topological polar surface area (TPSA) is 29.3 Å². The zero-order chi connectivity index (χ0) is 12.3. The van der Waals surface area contributed by atoms with E-state index < -0.39 is 0 Å². The predicted octanol–water partition coefficient (Wildman–Crippen LogP) is 2.87. The molecule has 1 aliphatic heterocycles. The van der Waals surface area contributed by atoms with Crippen LogP contribution in [-0.2, 0) is 0 Å². The lowest BCUT2D eigenvalue weighted by Crippen LogP contribution is -2.43. The van der Waals surface area contributed by atoms with Gasteiger partial charge in [-0.15, -0.1) is 0 Å². The van der Waals surface area contributed by atoms with Crippen LogP contribution in [0.2, 0.25) is 0 Å². The SMILES string of the molecule is Cc1ccc(C(CN)N2CCCCC2C)cc1. The van der Waals surface area contributed by atoms with Gasteiger partial charge in [0.05, 0.1) is 0 Å². The van der Waals surface area contributed by atoms with E-state index in [0.29, 0.717) is 18.6 Å². The standard InChI is InChI=1S/C15H24N2/c1-12-6-8-14(9-7-12)15(11-16)17-10-4-3-5-13(17)2/h6-9,13,15H,3-5,10-11,16H2,1-2H3. The summed E-state index contributed by atoms with van der Waals surface area (Å²) in [5, 5.41) is 0. The first kappa shape index (κ1) is 12.6. The second-order valence-corrected chi connectivity index (χ2v) is 5.24. The van der Waals surface area contributed by atoms with Crippen molar-refractivity contribution >= 4 is 0 Å². The van der Waals surface area contributed by atoms with Crippen LogP contribution in [0.4, 0.5) is 0 Å². The minimum atomic E-state index is 0.394. The van der Waals surface area contributed by atoms with Crippen molar-refractivity contribution in [1.29, 1.82) is 0 Å². The lowest BCUT2D eigenvalue weighted by molar-refractivity contribution is 0.109. The van der Waals surface area contributed by atoms with Gasteiger partial charge in [-0.2, -0.15) is 0 Å². The third-order valence-corrected chi connectivity index (χ3v) is 3.94. The predicted molar refractivity (Wildman–Crippen MR) is 73.0 cm³/mol. The van der Waals surface area contributed by atoms with Crippen molar-refractivity contribution in [2.75, 3.05) is 13.1 Å². The molecule has 2 nitrogen and oxygen atoms in total. The van der Waals surface area contributed by atoms with E-state index in [1.165, 1.54) is 36.9 Å². The number of aryl methyl sites for hydroxylation is 1. The third kappa shape index (κ3) is 2.88. The van der Waals surface area contributed by atoms with Gasteiger partial charge in [0.15, 0.2) is 0 Å². The van der Waals surface area contributed by atoms with Crippen LogP contribution in [0.25, 0.3) is 0 Å². The number of nitrogens with two attached hydrogens (primary N) is 1. The molecule has 0 radical (unpaired) electrons. The highest BCUT2D eigenvalue weighted by Gasteiger charge is 2.25. The number of likely N-dealkylation sites (tertiary alicyclic amines) is 1. The Kier molecular flexibility index (Phi) is 4.19. The zero-order valence-corrected chi connectivity index (χ0v) is 11.0. The molecule has 2 heteroatoms. The summed E-state index contributed by atoms with van der Waals surface area (Å²) in [6.45, 7) is 6.37. The summed E-state index contributed by atoms with van der Waals surface area (Å²) in [5.41, 5.74) is 8.68. The minimum absolute atomic E-state index is 0.394. The minimum Gasteiger partial charge on any atom is -0.329 e. The summed E-state index contributed by atoms with van der Waals surface area (Å²) in [5.74, 6) is 0. The van der Waals surface area contributed by atoms with Gasteiger partial charge in [-0.25, -0.2) is 0 Å². The highest BCUT2D eigenvalue weighted by molar-refractivity contribution is 5.24. The average Bonchev–Trinajstić information content (AvgIpc) is 2.35. The number of nitrogens with zero attached hydrogens (tertiary/aromatic N) is 1. The zero-order valence-electron chi connectivity index (χ0n) is 11.0. The fraction of sp³-hybridized carbons (Fsp3) is 0.600. The van der Waals surface area contributed by atoms with E-state index in [0.717, 1.165) is 0 Å². The smallest absolute Gasteiger partial charge is 0.0473 e. The van der Waals surface area contributed by atoms with Gasteiger partial charge in [0.2, 0.25) is 0 Å². The van der Waals surface area contributed by atoms with Crippen LogP contribution >= 0.6 is 0 Å². The first-order chi connectivity index (χ1) is 8.22. The van der Waals surface area contributed by atoms with Crippen LogP contribution in [0, 0.1) is 6.92 Å². The molecule has 0 aromatic heterocycles. The molecule has 1 saturated heterocycles. The van der Waals surface area contributed by atoms with E-state index in [9.17, 15) is 0 Å². The van der Waals surface area contributed by atoms with Crippen LogP contribution in [0.1, 0.15) is 43.4 Å². The number of hydrogen-bond acceptors (Lipinski definition) is 2. The Balaban J connectivity index is 2.17. The van der Waals surface area contributed by atoms with Crippen molar-refractivity contribution in [3.63, 3.8) is 0 Å². The van der Waals surface area contributed by atoms with Crippen LogP contribution in [-0.4, -0.2) is 24.0 Å². The Bertz CT molecular complexity index is 344. The second kappa shape index (κ2) is 5.65. The molecule has 1 aromatic rings. The van der Waals surface area contributed by atoms with E-state index >= 15 is 0 Å². The number of rotatable bonds is 3. The molecule has 0 saturated carbocycles. The van der Waals surface area contributed by atoms with Gasteiger partial charge in [-0.05, 0) is 38.8 Å². The lowest BCUT2D eigenvalue weighted by Gasteiger charge is -2.39. The lowest BCUT2D eigenvalue weighted by atomic mass is 9.97. The van der Waals surface area contributed by atoms with Gasteiger partial charge in [0.25, 0.3) is 0 Å². The average molecular weight is 232 g/mol. The summed E-state index contributed by atoms with van der Waals surface area (Å²) in [6, 6.07) is 9.89. The van der Waals surface area contributed by atoms with Gasteiger partial charge >= 0.3 is 0 Å². The maximum Gasteiger partial charge on any atom is 0.0473 e. The van der Waals surface area contributed by atoms with Crippen LogP contribution in [0.5, 0.6) is 0 Å². The van der Waals surface area contributed by atoms with Gasteiger partial charge in [-0.1, -0.05) is 36.2 Å². The summed E-state index contributed by atoms with van der Waals surface area (Å²) < 4.78 is 0. The fourth-order valence-electron chi connectivity index (χ4n) is 2.83. The van der Waals surface area contributed by atoms with E-state index in [4.69, 9.17) is 5.73 Å². The summed E-state index contributed by atoms with van der Waals surface area (Å²) >= 11 is 0. The van der Waals surface area contributed by atoms with Crippen molar-refractivity contribution in [2.24, 2.45) is 5.73 Å². The van der Waals surface area contributed by atoms with Crippen LogP contribution in [0.3, 0.4) is 0 Å². The van der Waals surface area contributed by atoms with Gasteiger partial charge < -0.3 is 5.73 Å². The van der Waals surface area contributed by atoms with Gasteiger partial charge in [-0.3, -0.25) is 4.90 Å². The number of hydrogen-bond donors (Lipinski definition) is 1. The molecule has 94 valence electrons. The molecule has 2 atom stereocenters.